The number of hydrogen-bond acceptors (Lipinski definition) is 6. The van der Waals surface area contributed by atoms with Gasteiger partial charge in [-0.2, -0.15) is 0 Å². The molecule has 7 nitrogen and oxygen atoms in total. The Bertz CT molecular complexity index is 706. The molecule has 0 bridgehead atoms. The number of carbonyl (C=O) groups excluding carboxylic acids is 2. The lowest BCUT2D eigenvalue weighted by Gasteiger charge is -2.21. The van der Waals surface area contributed by atoms with Crippen molar-refractivity contribution in [1.29, 1.82) is 0 Å². The molecule has 0 spiro atoms. The molecule has 0 unspecified atom stereocenters. The summed E-state index contributed by atoms with van der Waals surface area (Å²) in [6.45, 7) is 2.44. The summed E-state index contributed by atoms with van der Waals surface area (Å²) in [6, 6.07) is 3.02. The lowest BCUT2D eigenvalue weighted by Crippen LogP contribution is -2.39. The molecule has 0 aromatic carbocycles. The minimum absolute atomic E-state index is 0.212. The van der Waals surface area contributed by atoms with Crippen molar-refractivity contribution in [3.63, 3.8) is 0 Å². The van der Waals surface area contributed by atoms with Crippen LogP contribution in [0.3, 0.4) is 0 Å². The molecule has 0 saturated heterocycles. The number of pyridine rings is 1. The molecule has 23 heavy (non-hydrogen) atoms. The largest absolute Gasteiger partial charge is 0.462 e. The minimum atomic E-state index is -0.570. The van der Waals surface area contributed by atoms with Gasteiger partial charge in [0.1, 0.15) is 10.4 Å². The number of aromatic nitrogens is 1. The fourth-order valence-corrected chi connectivity index (χ4v) is 3.21. The Hall–Kier alpha value is -1.90. The van der Waals surface area contributed by atoms with E-state index in [0.29, 0.717) is 16.1 Å². The zero-order valence-corrected chi connectivity index (χ0v) is 14.2. The molecule has 2 heterocycles. The normalized spacial score (nSPS) is 10.6. The maximum atomic E-state index is 12.3. The van der Waals surface area contributed by atoms with Gasteiger partial charge in [-0.1, -0.05) is 0 Å². The average molecular weight is 358 g/mol. The third-order valence-corrected chi connectivity index (χ3v) is 4.27. The first-order chi connectivity index (χ1) is 11.1. The van der Waals surface area contributed by atoms with Crippen LogP contribution < -0.4 is 9.74 Å². The zero-order valence-electron chi connectivity index (χ0n) is 12.7. The number of urea groups is 1. The van der Waals surface area contributed by atoms with Crippen LogP contribution in [-0.4, -0.2) is 43.9 Å². The molecule has 0 aliphatic rings. The molecular formula is C14H16ClN3O4S. The van der Waals surface area contributed by atoms with Gasteiger partial charge >= 0.3 is 12.0 Å². The van der Waals surface area contributed by atoms with Gasteiger partial charge in [-0.25, -0.2) is 14.4 Å². The molecule has 2 amide bonds. The molecule has 2 aromatic rings. The van der Waals surface area contributed by atoms with Gasteiger partial charge in [0, 0.05) is 25.1 Å². The molecule has 0 fully saturated rings. The predicted octanol–water partition coefficient (Wildman–Crippen LogP) is 2.79. The van der Waals surface area contributed by atoms with Gasteiger partial charge in [0.15, 0.2) is 0 Å². The van der Waals surface area contributed by atoms with Crippen LogP contribution in [0.2, 0.25) is 0 Å². The lowest BCUT2D eigenvalue weighted by molar-refractivity contribution is 0.0533. The number of fused-ring (bicyclic) bond motifs is 1. The summed E-state index contributed by atoms with van der Waals surface area (Å²) in [5, 5.41) is 0. The maximum Gasteiger partial charge on any atom is 0.350 e. The highest BCUT2D eigenvalue weighted by molar-refractivity contribution is 7.21. The van der Waals surface area contributed by atoms with Crippen LogP contribution in [0.25, 0.3) is 10.2 Å². The number of methoxy groups -OCH3 is 1. The smallest absolute Gasteiger partial charge is 0.350 e. The second-order valence-corrected chi connectivity index (χ2v) is 5.64. The molecule has 0 aliphatic heterocycles. The minimum Gasteiger partial charge on any atom is -0.462 e. The van der Waals surface area contributed by atoms with Crippen molar-refractivity contribution < 1.29 is 19.1 Å². The average Bonchev–Trinajstić information content (AvgIpc) is 2.95. The summed E-state index contributed by atoms with van der Waals surface area (Å²) >= 11 is 6.69. The van der Waals surface area contributed by atoms with Gasteiger partial charge in [-0.15, -0.1) is 11.3 Å². The summed E-state index contributed by atoms with van der Waals surface area (Å²) in [5.74, 6) is -0.504. The van der Waals surface area contributed by atoms with E-state index in [2.05, 4.69) is 9.82 Å². The molecule has 9 heteroatoms. The Morgan fingerprint density at radius 2 is 2.26 bits per heavy atom. The summed E-state index contributed by atoms with van der Waals surface area (Å²) < 4.78 is 10.9. The SMILES string of the molecule is CCOC(=O)c1sc2cccnc2c1N(CCOC)C(=O)NCl. The van der Waals surface area contributed by atoms with Gasteiger partial charge in [0.25, 0.3) is 0 Å². The number of thiophene rings is 1. The van der Waals surface area contributed by atoms with Crippen molar-refractivity contribution in [1.82, 2.24) is 9.82 Å². The summed E-state index contributed by atoms with van der Waals surface area (Å²) in [7, 11) is 1.52. The number of hydrogen-bond donors (Lipinski definition) is 1. The van der Waals surface area contributed by atoms with E-state index in [9.17, 15) is 9.59 Å². The van der Waals surface area contributed by atoms with Crippen molar-refractivity contribution in [3.05, 3.63) is 23.2 Å². The third kappa shape index (κ3) is 3.72. The van der Waals surface area contributed by atoms with E-state index in [-0.39, 0.29) is 19.8 Å². The highest BCUT2D eigenvalue weighted by atomic mass is 35.5. The quantitative estimate of drug-likeness (QED) is 0.635. The second-order valence-electron chi connectivity index (χ2n) is 4.39. The van der Waals surface area contributed by atoms with E-state index < -0.39 is 12.0 Å². The van der Waals surface area contributed by atoms with Gasteiger partial charge in [0.2, 0.25) is 0 Å². The van der Waals surface area contributed by atoms with E-state index in [1.807, 2.05) is 6.07 Å². The number of carbonyl (C=O) groups is 2. The molecule has 1 N–H and O–H groups in total. The molecule has 0 saturated carbocycles. The number of rotatable bonds is 6. The summed E-state index contributed by atoms with van der Waals surface area (Å²) in [5.41, 5.74) is 0.913. The second kappa shape index (κ2) is 8.09. The fourth-order valence-electron chi connectivity index (χ4n) is 2.05. The summed E-state index contributed by atoms with van der Waals surface area (Å²) in [6.07, 6.45) is 1.60. The third-order valence-electron chi connectivity index (χ3n) is 3.00. The molecule has 124 valence electrons. The van der Waals surface area contributed by atoms with Crippen LogP contribution in [0.15, 0.2) is 18.3 Å². The summed E-state index contributed by atoms with van der Waals surface area (Å²) in [4.78, 5) is 32.4. The fraction of sp³-hybridized carbons (Fsp3) is 0.357. The number of esters is 1. The van der Waals surface area contributed by atoms with E-state index in [1.54, 1.807) is 19.2 Å². The van der Waals surface area contributed by atoms with E-state index >= 15 is 0 Å². The Kier molecular flexibility index (Phi) is 6.14. The number of halogens is 1. The van der Waals surface area contributed by atoms with Crippen molar-refractivity contribution >= 4 is 51.0 Å². The van der Waals surface area contributed by atoms with Gasteiger partial charge in [-0.3, -0.25) is 9.88 Å². The lowest BCUT2D eigenvalue weighted by atomic mass is 10.2. The number of ether oxygens (including phenoxy) is 2. The Morgan fingerprint density at radius 1 is 1.48 bits per heavy atom. The van der Waals surface area contributed by atoms with Crippen LogP contribution in [0, 0.1) is 0 Å². The van der Waals surface area contributed by atoms with Gasteiger partial charge in [-0.05, 0) is 19.1 Å². The van der Waals surface area contributed by atoms with Crippen molar-refractivity contribution in [3.8, 4) is 0 Å². The van der Waals surface area contributed by atoms with Crippen LogP contribution in [-0.2, 0) is 9.47 Å². The Morgan fingerprint density at radius 3 is 2.91 bits per heavy atom. The van der Waals surface area contributed by atoms with Crippen molar-refractivity contribution in [2.75, 3.05) is 31.8 Å². The number of nitrogens with zero attached hydrogens (tertiary/aromatic N) is 2. The van der Waals surface area contributed by atoms with Crippen LogP contribution in [0.5, 0.6) is 0 Å². The monoisotopic (exact) mass is 357 g/mol. The first-order valence-corrected chi connectivity index (χ1v) is 8.05. The zero-order chi connectivity index (χ0) is 16.8. The Balaban J connectivity index is 2.59. The van der Waals surface area contributed by atoms with Crippen LogP contribution in [0.1, 0.15) is 16.6 Å². The topological polar surface area (TPSA) is 80.8 Å². The molecule has 2 aromatic heterocycles. The molecule has 0 aliphatic carbocycles. The van der Waals surface area contributed by atoms with E-state index in [1.165, 1.54) is 23.3 Å². The number of amides is 2. The predicted molar refractivity (Wildman–Crippen MR) is 89.2 cm³/mol. The first kappa shape index (κ1) is 17.5. The Labute approximate surface area is 142 Å². The van der Waals surface area contributed by atoms with E-state index in [0.717, 1.165) is 4.70 Å². The van der Waals surface area contributed by atoms with Crippen LogP contribution >= 0.6 is 23.1 Å². The van der Waals surface area contributed by atoms with Crippen LogP contribution in [0.4, 0.5) is 10.5 Å². The molecular weight excluding hydrogens is 342 g/mol. The van der Waals surface area contributed by atoms with E-state index in [4.69, 9.17) is 21.3 Å². The van der Waals surface area contributed by atoms with Gasteiger partial charge < -0.3 is 9.47 Å². The van der Waals surface area contributed by atoms with Gasteiger partial charge in [0.05, 0.1) is 30.1 Å². The number of nitrogens with one attached hydrogen (secondary N) is 1. The molecule has 2 rings (SSSR count). The van der Waals surface area contributed by atoms with Crippen molar-refractivity contribution in [2.24, 2.45) is 0 Å². The standard InChI is InChI=1S/C14H16ClN3O4S/c1-3-22-13(19)12-11(10-9(23-12)5-4-6-16-10)18(7-8-21-2)14(20)17-15/h4-6H,3,7-8H2,1-2H3,(H,17,20). The molecule has 0 atom stereocenters. The first-order valence-electron chi connectivity index (χ1n) is 6.85. The van der Waals surface area contributed by atoms with Crippen molar-refractivity contribution in [2.45, 2.75) is 6.92 Å². The highest BCUT2D eigenvalue weighted by Crippen LogP contribution is 2.37. The number of anilines is 1. The maximum absolute atomic E-state index is 12.3. The molecule has 0 radical (unpaired) electrons. The highest BCUT2D eigenvalue weighted by Gasteiger charge is 2.28.